The van der Waals surface area contributed by atoms with E-state index in [2.05, 4.69) is 29.9 Å². The zero-order chi connectivity index (χ0) is 27.9. The molecule has 1 aromatic carbocycles. The molecule has 3 heterocycles. The topological polar surface area (TPSA) is 158 Å². The van der Waals surface area contributed by atoms with Crippen LogP contribution in [0.1, 0.15) is 23.2 Å². The van der Waals surface area contributed by atoms with Gasteiger partial charge in [-0.15, -0.1) is 10.2 Å². The number of hydrogen-bond donors (Lipinski definition) is 1. The largest absolute Gasteiger partial charge is 0.760 e. The van der Waals surface area contributed by atoms with Gasteiger partial charge in [0, 0.05) is 42.8 Å². The minimum absolute atomic E-state index is 0.0492. The SMILES string of the molecule is COc1cnc([C@@H](OC)[C@H](Cc2nnc(-c3cncc(C)c3)n2-c2c(OC)cccc2OC)NS(=O)[O-])cn1. The zero-order valence-corrected chi connectivity index (χ0v) is 22.8. The van der Waals surface area contributed by atoms with Crippen LogP contribution in [0, 0.1) is 6.92 Å². The number of para-hydroxylation sites is 1. The molecular formula is C25H28N7O6S-. The van der Waals surface area contributed by atoms with Crippen molar-refractivity contribution in [3.05, 3.63) is 66.1 Å². The lowest BCUT2D eigenvalue weighted by Gasteiger charge is -2.27. The Morgan fingerprint density at radius 2 is 1.74 bits per heavy atom. The summed E-state index contributed by atoms with van der Waals surface area (Å²) < 4.78 is 50.1. The monoisotopic (exact) mass is 554 g/mol. The van der Waals surface area contributed by atoms with Crippen molar-refractivity contribution >= 4 is 11.3 Å². The summed E-state index contributed by atoms with van der Waals surface area (Å²) in [6.07, 6.45) is 5.53. The fourth-order valence-electron chi connectivity index (χ4n) is 4.20. The van der Waals surface area contributed by atoms with Gasteiger partial charge in [0.15, 0.2) is 5.82 Å². The van der Waals surface area contributed by atoms with E-state index < -0.39 is 23.4 Å². The second-order valence-electron chi connectivity index (χ2n) is 8.34. The van der Waals surface area contributed by atoms with Crippen molar-refractivity contribution in [1.82, 2.24) is 34.4 Å². The van der Waals surface area contributed by atoms with E-state index in [1.807, 2.05) is 13.0 Å². The summed E-state index contributed by atoms with van der Waals surface area (Å²) in [5, 5.41) is 8.92. The Hall–Kier alpha value is -3.98. The van der Waals surface area contributed by atoms with Gasteiger partial charge in [0.25, 0.3) is 0 Å². The van der Waals surface area contributed by atoms with E-state index in [-0.39, 0.29) is 6.42 Å². The smallest absolute Gasteiger partial charge is 0.231 e. The minimum Gasteiger partial charge on any atom is -0.760 e. The molecule has 3 aromatic heterocycles. The first-order valence-electron chi connectivity index (χ1n) is 11.7. The number of ether oxygens (including phenoxy) is 4. The standard InChI is InChI=1S/C25H29N7O6S/c1-15-9-16(12-26-11-15)25-30-29-21(32(25)23-19(35-2)7-6-8-20(23)36-3)10-17(31-39(33)34)24(38-5)18-13-28-22(37-4)14-27-18/h6-9,11-14,17,24,31H,10H2,1-5H3,(H,33,34)/p-1/t17-,24-/m0/s1. The van der Waals surface area contributed by atoms with Crippen LogP contribution < -0.4 is 18.9 Å². The highest BCUT2D eigenvalue weighted by atomic mass is 32.2. The highest BCUT2D eigenvalue weighted by Crippen LogP contribution is 2.37. The van der Waals surface area contributed by atoms with Crippen LogP contribution in [0.5, 0.6) is 17.4 Å². The maximum Gasteiger partial charge on any atom is 0.231 e. The molecule has 0 fully saturated rings. The second kappa shape index (κ2) is 12.7. The Morgan fingerprint density at radius 1 is 1.00 bits per heavy atom. The highest BCUT2D eigenvalue weighted by molar-refractivity contribution is 7.77. The molecule has 0 aliphatic rings. The maximum atomic E-state index is 11.9. The first kappa shape index (κ1) is 28.0. The maximum absolute atomic E-state index is 11.9. The van der Waals surface area contributed by atoms with Crippen molar-refractivity contribution in [1.29, 1.82) is 0 Å². The van der Waals surface area contributed by atoms with Crippen LogP contribution in [0.4, 0.5) is 0 Å². The van der Waals surface area contributed by atoms with E-state index in [0.717, 1.165) is 5.56 Å². The number of nitrogens with zero attached hydrogens (tertiary/aromatic N) is 6. The van der Waals surface area contributed by atoms with Gasteiger partial charge >= 0.3 is 0 Å². The van der Waals surface area contributed by atoms with Crippen molar-refractivity contribution in [2.24, 2.45) is 0 Å². The fourth-order valence-corrected chi connectivity index (χ4v) is 4.65. The van der Waals surface area contributed by atoms with Gasteiger partial charge in [0.05, 0.1) is 45.5 Å². The predicted octanol–water partition coefficient (Wildman–Crippen LogP) is 2.14. The number of methoxy groups -OCH3 is 4. The lowest BCUT2D eigenvalue weighted by atomic mass is 10.0. The third-order valence-corrected chi connectivity index (χ3v) is 6.40. The summed E-state index contributed by atoms with van der Waals surface area (Å²) in [5.74, 6) is 2.17. The average molecular weight is 555 g/mol. The molecule has 0 saturated carbocycles. The van der Waals surface area contributed by atoms with Gasteiger partial charge in [-0.2, -0.15) is 0 Å². The number of benzene rings is 1. The molecule has 14 heteroatoms. The van der Waals surface area contributed by atoms with Crippen molar-refractivity contribution in [3.63, 3.8) is 0 Å². The number of aromatic nitrogens is 6. The number of nitrogens with one attached hydrogen (secondary N) is 1. The number of aryl methyl sites for hydroxylation is 1. The first-order valence-corrected chi connectivity index (χ1v) is 12.8. The lowest BCUT2D eigenvalue weighted by Crippen LogP contribution is -2.39. The summed E-state index contributed by atoms with van der Waals surface area (Å²) in [4.78, 5) is 12.8. The predicted molar refractivity (Wildman–Crippen MR) is 140 cm³/mol. The molecule has 3 atom stereocenters. The minimum atomic E-state index is -2.64. The van der Waals surface area contributed by atoms with Gasteiger partial charge in [-0.3, -0.25) is 18.7 Å². The van der Waals surface area contributed by atoms with E-state index in [4.69, 9.17) is 18.9 Å². The summed E-state index contributed by atoms with van der Waals surface area (Å²) >= 11 is -2.64. The van der Waals surface area contributed by atoms with Gasteiger partial charge in [0.1, 0.15) is 29.1 Å². The zero-order valence-electron chi connectivity index (χ0n) is 22.0. The molecule has 4 aromatic rings. The third-order valence-electron chi connectivity index (χ3n) is 5.91. The first-order chi connectivity index (χ1) is 18.9. The molecular weight excluding hydrogens is 526 g/mol. The van der Waals surface area contributed by atoms with Crippen molar-refractivity contribution in [2.45, 2.75) is 25.5 Å². The third kappa shape index (κ3) is 6.20. The Balaban J connectivity index is 1.88. The fraction of sp³-hybridized carbons (Fsp3) is 0.320. The molecule has 0 radical (unpaired) electrons. The molecule has 0 spiro atoms. The van der Waals surface area contributed by atoms with Crippen molar-refractivity contribution in [3.8, 4) is 34.5 Å². The van der Waals surface area contributed by atoms with Crippen LogP contribution in [-0.4, -0.2) is 73.0 Å². The van der Waals surface area contributed by atoms with Crippen LogP contribution in [0.15, 0.2) is 49.1 Å². The van der Waals surface area contributed by atoms with Crippen molar-refractivity contribution < 1.29 is 27.7 Å². The molecule has 39 heavy (non-hydrogen) atoms. The quantitative estimate of drug-likeness (QED) is 0.256. The molecule has 1 unspecified atom stereocenters. The van der Waals surface area contributed by atoms with E-state index in [1.165, 1.54) is 26.6 Å². The lowest BCUT2D eigenvalue weighted by molar-refractivity contribution is 0.0703. The molecule has 1 N–H and O–H groups in total. The molecule has 0 amide bonds. The van der Waals surface area contributed by atoms with Crippen LogP contribution in [0.2, 0.25) is 0 Å². The van der Waals surface area contributed by atoms with E-state index in [0.29, 0.717) is 46.0 Å². The number of hydrogen-bond acceptors (Lipinski definition) is 11. The molecule has 0 aliphatic heterocycles. The van der Waals surface area contributed by atoms with Crippen LogP contribution in [-0.2, 0) is 22.4 Å². The van der Waals surface area contributed by atoms with E-state index in [1.54, 1.807) is 49.4 Å². The molecule has 4 rings (SSSR count). The Labute approximate surface area is 228 Å². The molecule has 13 nitrogen and oxygen atoms in total. The highest BCUT2D eigenvalue weighted by Gasteiger charge is 2.30. The molecule has 0 saturated heterocycles. The van der Waals surface area contributed by atoms with Gasteiger partial charge in [-0.05, 0) is 30.7 Å². The van der Waals surface area contributed by atoms with Crippen LogP contribution in [0.25, 0.3) is 17.1 Å². The Kier molecular flexibility index (Phi) is 9.14. The summed E-state index contributed by atoms with van der Waals surface area (Å²) in [7, 11) is 6.02. The second-order valence-corrected chi connectivity index (χ2v) is 9.05. The molecule has 0 bridgehead atoms. The normalized spacial score (nSPS) is 13.5. The van der Waals surface area contributed by atoms with Crippen LogP contribution >= 0.6 is 0 Å². The number of rotatable bonds is 12. The Bertz CT molecular complexity index is 1410. The molecule has 206 valence electrons. The van der Waals surface area contributed by atoms with Gasteiger partial charge in [-0.1, -0.05) is 6.07 Å². The van der Waals surface area contributed by atoms with Gasteiger partial charge in [-0.25, -0.2) is 9.71 Å². The number of pyridine rings is 1. The van der Waals surface area contributed by atoms with Gasteiger partial charge < -0.3 is 23.5 Å². The van der Waals surface area contributed by atoms with E-state index >= 15 is 0 Å². The molecule has 0 aliphatic carbocycles. The average Bonchev–Trinajstić information content (AvgIpc) is 3.35. The summed E-state index contributed by atoms with van der Waals surface area (Å²) in [5.41, 5.74) is 2.56. The summed E-state index contributed by atoms with van der Waals surface area (Å²) in [6, 6.07) is 6.45. The van der Waals surface area contributed by atoms with Gasteiger partial charge in [0.2, 0.25) is 5.88 Å². The Morgan fingerprint density at radius 3 is 2.31 bits per heavy atom. The van der Waals surface area contributed by atoms with E-state index in [9.17, 15) is 8.76 Å². The van der Waals surface area contributed by atoms with Crippen molar-refractivity contribution in [2.75, 3.05) is 28.4 Å². The summed E-state index contributed by atoms with van der Waals surface area (Å²) in [6.45, 7) is 1.92. The van der Waals surface area contributed by atoms with Crippen LogP contribution in [0.3, 0.4) is 0 Å².